The highest BCUT2D eigenvalue weighted by molar-refractivity contribution is 7.08. The van der Waals surface area contributed by atoms with E-state index in [-0.39, 0.29) is 17.2 Å². The van der Waals surface area contributed by atoms with Crippen LogP contribution in [0.2, 0.25) is 0 Å². The van der Waals surface area contributed by atoms with Gasteiger partial charge >= 0.3 is 0 Å². The van der Waals surface area contributed by atoms with Gasteiger partial charge in [-0.3, -0.25) is 9.20 Å². The Morgan fingerprint density at radius 1 is 1.35 bits per heavy atom. The maximum Gasteiger partial charge on any atom is 0.261 e. The maximum absolute atomic E-state index is 12.3. The van der Waals surface area contributed by atoms with Crippen molar-refractivity contribution in [2.24, 2.45) is 0 Å². The molecular weight excluding hydrogens is 272 g/mol. The molecule has 4 nitrogen and oxygen atoms in total. The van der Waals surface area contributed by atoms with Crippen molar-refractivity contribution in [1.82, 2.24) is 9.38 Å². The Morgan fingerprint density at radius 2 is 2.15 bits per heavy atom. The van der Waals surface area contributed by atoms with Crippen molar-refractivity contribution in [3.05, 3.63) is 51.2 Å². The fourth-order valence-corrected chi connectivity index (χ4v) is 2.85. The Morgan fingerprint density at radius 3 is 2.80 bits per heavy atom. The number of fused-ring (bicyclic) bond motifs is 1. The fraction of sp³-hybridized carbons (Fsp3) is 0.200. The van der Waals surface area contributed by atoms with E-state index in [0.717, 1.165) is 5.56 Å². The van der Waals surface area contributed by atoms with Crippen LogP contribution in [0.4, 0.5) is 0 Å². The molecule has 3 aromatic rings. The molecule has 0 spiro atoms. The Hall–Kier alpha value is -2.14. The molecule has 0 atom stereocenters. The lowest BCUT2D eigenvalue weighted by Crippen LogP contribution is -2.20. The van der Waals surface area contributed by atoms with Crippen molar-refractivity contribution in [3.8, 4) is 16.9 Å². The van der Waals surface area contributed by atoms with Crippen LogP contribution in [-0.2, 0) is 0 Å². The number of hydrogen-bond donors (Lipinski definition) is 1. The third kappa shape index (κ3) is 1.91. The lowest BCUT2D eigenvalue weighted by Gasteiger charge is -2.10. The van der Waals surface area contributed by atoms with E-state index in [9.17, 15) is 9.90 Å². The van der Waals surface area contributed by atoms with Crippen LogP contribution in [0.15, 0.2) is 40.1 Å². The van der Waals surface area contributed by atoms with Crippen molar-refractivity contribution in [3.63, 3.8) is 0 Å². The van der Waals surface area contributed by atoms with E-state index >= 15 is 0 Å². The first kappa shape index (κ1) is 12.9. The molecule has 0 aliphatic rings. The molecule has 0 radical (unpaired) electrons. The Kier molecular flexibility index (Phi) is 3.06. The standard InChI is InChI=1S/C15H14N2O2S/c1-9(2)12-7-16-14-13(18)11(10-4-6-20-8-10)3-5-17(14)15(12)19/h3-9,18H,1-2H3. The highest BCUT2D eigenvalue weighted by atomic mass is 32.1. The van der Waals surface area contributed by atoms with Crippen LogP contribution < -0.4 is 5.56 Å². The molecular formula is C15H14N2O2S. The zero-order valence-electron chi connectivity index (χ0n) is 11.2. The van der Waals surface area contributed by atoms with E-state index in [2.05, 4.69) is 4.98 Å². The van der Waals surface area contributed by atoms with Gasteiger partial charge in [-0.05, 0) is 34.4 Å². The van der Waals surface area contributed by atoms with Crippen LogP contribution in [0, 0.1) is 0 Å². The number of rotatable bonds is 2. The van der Waals surface area contributed by atoms with E-state index in [1.54, 1.807) is 29.8 Å². The molecule has 0 saturated heterocycles. The second-order valence-electron chi connectivity index (χ2n) is 4.96. The molecule has 3 heterocycles. The van der Waals surface area contributed by atoms with Gasteiger partial charge in [-0.2, -0.15) is 11.3 Å². The van der Waals surface area contributed by atoms with E-state index in [1.165, 1.54) is 4.40 Å². The smallest absolute Gasteiger partial charge is 0.261 e. The van der Waals surface area contributed by atoms with Crippen molar-refractivity contribution in [2.75, 3.05) is 0 Å². The molecule has 0 amide bonds. The number of nitrogens with zero attached hydrogens (tertiary/aromatic N) is 2. The quantitative estimate of drug-likeness (QED) is 0.786. The van der Waals surface area contributed by atoms with E-state index < -0.39 is 0 Å². The van der Waals surface area contributed by atoms with Gasteiger partial charge in [0.2, 0.25) is 0 Å². The van der Waals surface area contributed by atoms with Crippen LogP contribution in [-0.4, -0.2) is 14.5 Å². The second-order valence-corrected chi connectivity index (χ2v) is 5.74. The molecule has 0 aliphatic carbocycles. The summed E-state index contributed by atoms with van der Waals surface area (Å²) >= 11 is 1.56. The van der Waals surface area contributed by atoms with Gasteiger partial charge in [-0.25, -0.2) is 4.98 Å². The summed E-state index contributed by atoms with van der Waals surface area (Å²) in [5.74, 6) is 0.142. The summed E-state index contributed by atoms with van der Waals surface area (Å²) in [5, 5.41) is 14.3. The fourth-order valence-electron chi connectivity index (χ4n) is 2.19. The third-order valence-corrected chi connectivity index (χ3v) is 4.01. The minimum atomic E-state index is -0.128. The zero-order valence-corrected chi connectivity index (χ0v) is 12.0. The molecule has 0 aliphatic heterocycles. The SMILES string of the molecule is CC(C)c1cnc2c(O)c(-c3ccsc3)ccn2c1=O. The number of thiophene rings is 1. The topological polar surface area (TPSA) is 54.6 Å². The summed E-state index contributed by atoms with van der Waals surface area (Å²) in [6.07, 6.45) is 3.22. The monoisotopic (exact) mass is 286 g/mol. The lowest BCUT2D eigenvalue weighted by molar-refractivity contribution is 0.478. The van der Waals surface area contributed by atoms with Crippen LogP contribution in [0.5, 0.6) is 5.75 Å². The normalized spacial score (nSPS) is 11.3. The molecule has 5 heteroatoms. The molecule has 102 valence electrons. The Bertz CT molecular complexity index is 820. The number of hydrogen-bond acceptors (Lipinski definition) is 4. The van der Waals surface area contributed by atoms with Gasteiger partial charge in [-0.15, -0.1) is 0 Å². The molecule has 20 heavy (non-hydrogen) atoms. The minimum Gasteiger partial charge on any atom is -0.504 e. The summed E-state index contributed by atoms with van der Waals surface area (Å²) in [4.78, 5) is 16.6. The van der Waals surface area contributed by atoms with Gasteiger partial charge in [-0.1, -0.05) is 13.8 Å². The largest absolute Gasteiger partial charge is 0.504 e. The number of aromatic hydroxyl groups is 1. The van der Waals surface area contributed by atoms with Gasteiger partial charge in [0.15, 0.2) is 11.4 Å². The predicted octanol–water partition coefficient (Wildman–Crippen LogP) is 3.25. The van der Waals surface area contributed by atoms with Gasteiger partial charge in [0.1, 0.15) is 0 Å². The average molecular weight is 286 g/mol. The Balaban J connectivity index is 2.30. The summed E-state index contributed by atoms with van der Waals surface area (Å²) < 4.78 is 1.40. The van der Waals surface area contributed by atoms with Gasteiger partial charge < -0.3 is 5.11 Å². The van der Waals surface area contributed by atoms with Crippen LogP contribution in [0.3, 0.4) is 0 Å². The van der Waals surface area contributed by atoms with Crippen molar-refractivity contribution in [2.45, 2.75) is 19.8 Å². The van der Waals surface area contributed by atoms with Crippen LogP contribution in [0.25, 0.3) is 16.8 Å². The molecule has 0 unspecified atom stereocenters. The molecule has 0 bridgehead atoms. The third-order valence-electron chi connectivity index (χ3n) is 3.33. The molecule has 1 N–H and O–H groups in total. The summed E-state index contributed by atoms with van der Waals surface area (Å²) in [5.41, 5.74) is 2.43. The van der Waals surface area contributed by atoms with Gasteiger partial charge in [0.05, 0.1) is 0 Å². The number of pyridine rings is 1. The van der Waals surface area contributed by atoms with Crippen molar-refractivity contribution >= 4 is 17.0 Å². The second kappa shape index (κ2) is 4.76. The van der Waals surface area contributed by atoms with E-state index in [0.29, 0.717) is 16.8 Å². The molecule has 0 saturated carbocycles. The van der Waals surface area contributed by atoms with E-state index in [1.807, 2.05) is 30.7 Å². The molecule has 3 rings (SSSR count). The first-order valence-electron chi connectivity index (χ1n) is 6.35. The summed E-state index contributed by atoms with van der Waals surface area (Å²) in [6, 6.07) is 3.67. The average Bonchev–Trinajstić information content (AvgIpc) is 2.93. The van der Waals surface area contributed by atoms with Crippen molar-refractivity contribution < 1.29 is 5.11 Å². The first-order valence-corrected chi connectivity index (χ1v) is 7.29. The molecule has 3 aromatic heterocycles. The first-order chi connectivity index (χ1) is 9.59. The van der Waals surface area contributed by atoms with E-state index in [4.69, 9.17) is 0 Å². The highest BCUT2D eigenvalue weighted by Crippen LogP contribution is 2.32. The summed E-state index contributed by atoms with van der Waals surface area (Å²) in [6.45, 7) is 3.90. The molecule has 0 aromatic carbocycles. The minimum absolute atomic E-state index is 0.0401. The molecule has 0 fully saturated rings. The predicted molar refractivity (Wildman–Crippen MR) is 80.5 cm³/mol. The number of aromatic nitrogens is 2. The Labute approximate surface area is 120 Å². The van der Waals surface area contributed by atoms with Crippen LogP contribution in [0.1, 0.15) is 25.3 Å². The van der Waals surface area contributed by atoms with Crippen molar-refractivity contribution in [1.29, 1.82) is 0 Å². The zero-order chi connectivity index (χ0) is 14.3. The van der Waals surface area contributed by atoms with Gasteiger partial charge in [0.25, 0.3) is 5.56 Å². The van der Waals surface area contributed by atoms with Crippen LogP contribution >= 0.6 is 11.3 Å². The lowest BCUT2D eigenvalue weighted by atomic mass is 10.1. The summed E-state index contributed by atoms with van der Waals surface area (Å²) in [7, 11) is 0. The highest BCUT2D eigenvalue weighted by Gasteiger charge is 2.14. The van der Waals surface area contributed by atoms with Gasteiger partial charge in [0, 0.05) is 23.5 Å². The maximum atomic E-state index is 12.3.